The fraction of sp³-hybridized carbons (Fsp3) is 0.667. The van der Waals surface area contributed by atoms with E-state index < -0.39 is 5.97 Å². The van der Waals surface area contributed by atoms with E-state index in [0.29, 0.717) is 18.2 Å². The van der Waals surface area contributed by atoms with Crippen LogP contribution in [-0.2, 0) is 6.54 Å². The van der Waals surface area contributed by atoms with Gasteiger partial charge in [-0.2, -0.15) is 0 Å². The van der Waals surface area contributed by atoms with Crippen LogP contribution in [0.5, 0.6) is 0 Å². The minimum absolute atomic E-state index is 0.0143. The smallest absolute Gasteiger partial charge is 0.358 e. The monoisotopic (exact) mass is 238 g/mol. The van der Waals surface area contributed by atoms with Gasteiger partial charge < -0.3 is 9.63 Å². The van der Waals surface area contributed by atoms with Crippen LogP contribution < -0.4 is 0 Å². The maximum atomic E-state index is 10.7. The molecule has 5 heteroatoms. The number of carbonyl (C=O) groups is 1. The first kappa shape index (κ1) is 12.1. The van der Waals surface area contributed by atoms with E-state index in [0.717, 1.165) is 19.0 Å². The minimum Gasteiger partial charge on any atom is -0.476 e. The van der Waals surface area contributed by atoms with Crippen molar-refractivity contribution in [2.45, 2.75) is 26.8 Å². The summed E-state index contributed by atoms with van der Waals surface area (Å²) < 4.78 is 5.01. The van der Waals surface area contributed by atoms with Gasteiger partial charge in [-0.25, -0.2) is 4.79 Å². The van der Waals surface area contributed by atoms with Crippen molar-refractivity contribution >= 4 is 5.97 Å². The molecule has 94 valence electrons. The van der Waals surface area contributed by atoms with Crippen LogP contribution >= 0.6 is 0 Å². The second-order valence-electron chi connectivity index (χ2n) is 5.01. The van der Waals surface area contributed by atoms with Crippen LogP contribution in [0.3, 0.4) is 0 Å². The molecule has 0 aliphatic carbocycles. The van der Waals surface area contributed by atoms with Crippen LogP contribution in [0.2, 0.25) is 0 Å². The molecule has 1 atom stereocenters. The molecule has 1 saturated heterocycles. The van der Waals surface area contributed by atoms with E-state index in [1.807, 2.05) is 0 Å². The van der Waals surface area contributed by atoms with Crippen LogP contribution in [0.25, 0.3) is 0 Å². The summed E-state index contributed by atoms with van der Waals surface area (Å²) >= 11 is 0. The van der Waals surface area contributed by atoms with Gasteiger partial charge in [0.05, 0.1) is 6.54 Å². The van der Waals surface area contributed by atoms with E-state index in [2.05, 4.69) is 23.9 Å². The predicted molar refractivity (Wildman–Crippen MR) is 61.7 cm³/mol. The lowest BCUT2D eigenvalue weighted by Crippen LogP contribution is -2.21. The van der Waals surface area contributed by atoms with E-state index in [1.165, 1.54) is 12.5 Å². The third kappa shape index (κ3) is 2.85. The largest absolute Gasteiger partial charge is 0.476 e. The summed E-state index contributed by atoms with van der Waals surface area (Å²) in [6.07, 6.45) is 1.21. The quantitative estimate of drug-likeness (QED) is 0.867. The van der Waals surface area contributed by atoms with E-state index in [9.17, 15) is 4.79 Å². The normalized spacial score (nSPS) is 21.2. The summed E-state index contributed by atoms with van der Waals surface area (Å²) in [7, 11) is 0. The lowest BCUT2D eigenvalue weighted by molar-refractivity contribution is 0.0685. The van der Waals surface area contributed by atoms with Crippen LogP contribution in [0.4, 0.5) is 0 Å². The van der Waals surface area contributed by atoms with Crippen LogP contribution in [0.15, 0.2) is 10.6 Å². The Morgan fingerprint density at radius 1 is 1.71 bits per heavy atom. The average molecular weight is 238 g/mol. The van der Waals surface area contributed by atoms with E-state index in [4.69, 9.17) is 9.63 Å². The third-order valence-corrected chi connectivity index (χ3v) is 3.41. The zero-order valence-electron chi connectivity index (χ0n) is 10.2. The predicted octanol–water partition coefficient (Wildman–Crippen LogP) is 1.85. The SMILES string of the molecule is CC(C)C1CCN(Cc2cc(C(=O)O)no2)C1. The first-order valence-corrected chi connectivity index (χ1v) is 5.97. The molecule has 0 aromatic carbocycles. The Morgan fingerprint density at radius 3 is 3.00 bits per heavy atom. The molecular weight excluding hydrogens is 220 g/mol. The second-order valence-corrected chi connectivity index (χ2v) is 5.01. The molecule has 1 unspecified atom stereocenters. The molecule has 0 amide bonds. The standard InChI is InChI=1S/C12H18N2O3/c1-8(2)9-3-4-14(6-9)7-10-5-11(12(15)16)13-17-10/h5,8-9H,3-4,6-7H2,1-2H3,(H,15,16). The number of hydrogen-bond acceptors (Lipinski definition) is 4. The highest BCUT2D eigenvalue weighted by Gasteiger charge is 2.25. The van der Waals surface area contributed by atoms with E-state index in [1.54, 1.807) is 0 Å². The van der Waals surface area contributed by atoms with Gasteiger partial charge in [-0.1, -0.05) is 19.0 Å². The lowest BCUT2D eigenvalue weighted by atomic mass is 9.95. The highest BCUT2D eigenvalue weighted by Crippen LogP contribution is 2.24. The fourth-order valence-corrected chi connectivity index (χ4v) is 2.26. The van der Waals surface area contributed by atoms with Crippen LogP contribution in [0, 0.1) is 11.8 Å². The van der Waals surface area contributed by atoms with Gasteiger partial charge in [0.2, 0.25) is 0 Å². The summed E-state index contributed by atoms with van der Waals surface area (Å²) in [6.45, 7) is 7.24. The third-order valence-electron chi connectivity index (χ3n) is 3.41. The van der Waals surface area contributed by atoms with Crippen molar-refractivity contribution in [1.82, 2.24) is 10.1 Å². The molecule has 17 heavy (non-hydrogen) atoms. The van der Waals surface area contributed by atoms with Crippen LogP contribution in [-0.4, -0.2) is 34.2 Å². The Bertz CT molecular complexity index is 400. The Hall–Kier alpha value is -1.36. The molecule has 2 rings (SSSR count). The van der Waals surface area contributed by atoms with Gasteiger partial charge in [0.15, 0.2) is 11.5 Å². The molecule has 1 aromatic heterocycles. The summed E-state index contributed by atoms with van der Waals surface area (Å²) in [6, 6.07) is 1.50. The van der Waals surface area contributed by atoms with Crippen molar-refractivity contribution in [1.29, 1.82) is 0 Å². The molecule has 1 aliphatic rings. The number of nitrogens with zero attached hydrogens (tertiary/aromatic N) is 2. The second kappa shape index (κ2) is 4.87. The minimum atomic E-state index is -1.04. The van der Waals surface area contributed by atoms with Crippen LogP contribution in [0.1, 0.15) is 36.5 Å². The number of carboxylic acid groups (broad SMARTS) is 1. The number of carboxylic acids is 1. The van der Waals surface area contributed by atoms with E-state index in [-0.39, 0.29) is 5.69 Å². The van der Waals surface area contributed by atoms with Crippen molar-refractivity contribution in [2.24, 2.45) is 11.8 Å². The Balaban J connectivity index is 1.91. The molecule has 2 heterocycles. The Labute approximate surface area is 100 Å². The molecule has 5 nitrogen and oxygen atoms in total. The molecule has 1 aromatic rings. The van der Waals surface area contributed by atoms with Gasteiger partial charge in [0.1, 0.15) is 0 Å². The number of hydrogen-bond donors (Lipinski definition) is 1. The van der Waals surface area contributed by atoms with Gasteiger partial charge in [-0.05, 0) is 24.8 Å². The Kier molecular flexibility index (Phi) is 3.47. The molecule has 1 fully saturated rings. The first-order chi connectivity index (χ1) is 8.06. The summed E-state index contributed by atoms with van der Waals surface area (Å²) in [5, 5.41) is 12.2. The highest BCUT2D eigenvalue weighted by molar-refractivity contribution is 5.85. The van der Waals surface area contributed by atoms with Gasteiger partial charge >= 0.3 is 5.97 Å². The topological polar surface area (TPSA) is 66.6 Å². The maximum absolute atomic E-state index is 10.7. The number of aromatic carboxylic acids is 1. The highest BCUT2D eigenvalue weighted by atomic mass is 16.5. The van der Waals surface area contributed by atoms with Crippen molar-refractivity contribution in [2.75, 3.05) is 13.1 Å². The molecule has 0 bridgehead atoms. The molecule has 0 radical (unpaired) electrons. The molecule has 1 aliphatic heterocycles. The summed E-state index contributed by atoms with van der Waals surface area (Å²) in [5.41, 5.74) is -0.0143. The van der Waals surface area contributed by atoms with Crippen molar-refractivity contribution < 1.29 is 14.4 Å². The Morgan fingerprint density at radius 2 is 2.47 bits per heavy atom. The van der Waals surface area contributed by atoms with E-state index >= 15 is 0 Å². The molecule has 0 saturated carbocycles. The van der Waals surface area contributed by atoms with Gasteiger partial charge in [0, 0.05) is 12.6 Å². The lowest BCUT2D eigenvalue weighted by Gasteiger charge is -2.16. The van der Waals surface area contributed by atoms with Gasteiger partial charge in [0.25, 0.3) is 0 Å². The number of rotatable bonds is 4. The first-order valence-electron chi connectivity index (χ1n) is 5.97. The zero-order chi connectivity index (χ0) is 12.4. The number of aromatic nitrogens is 1. The van der Waals surface area contributed by atoms with Crippen molar-refractivity contribution in [3.63, 3.8) is 0 Å². The van der Waals surface area contributed by atoms with Gasteiger partial charge in [-0.15, -0.1) is 0 Å². The average Bonchev–Trinajstić information content (AvgIpc) is 2.87. The summed E-state index contributed by atoms with van der Waals surface area (Å²) in [4.78, 5) is 12.9. The molecule has 1 N–H and O–H groups in total. The molecule has 0 spiro atoms. The zero-order valence-corrected chi connectivity index (χ0v) is 10.2. The fourth-order valence-electron chi connectivity index (χ4n) is 2.26. The molecular formula is C12H18N2O3. The van der Waals surface area contributed by atoms with Crippen molar-refractivity contribution in [3.05, 3.63) is 17.5 Å². The van der Waals surface area contributed by atoms with Crippen molar-refractivity contribution in [3.8, 4) is 0 Å². The summed E-state index contributed by atoms with van der Waals surface area (Å²) in [5.74, 6) is 1.02. The number of likely N-dealkylation sites (tertiary alicyclic amines) is 1. The maximum Gasteiger partial charge on any atom is 0.358 e. The van der Waals surface area contributed by atoms with Gasteiger partial charge in [-0.3, -0.25) is 4.90 Å².